The lowest BCUT2D eigenvalue weighted by atomic mass is 9.82. The number of fused-ring (bicyclic) bond motifs is 1. The molecule has 1 aliphatic carbocycles. The lowest BCUT2D eigenvalue weighted by Crippen LogP contribution is -2.32. The molecule has 1 aromatic heterocycles. The number of para-hydroxylation sites is 1. The van der Waals surface area contributed by atoms with E-state index < -0.39 is 38.4 Å². The van der Waals surface area contributed by atoms with Crippen LogP contribution in [-0.4, -0.2) is 31.5 Å². The van der Waals surface area contributed by atoms with Crippen molar-refractivity contribution >= 4 is 32.7 Å². The number of hydrazine groups is 1. The molecule has 1 saturated carbocycles. The zero-order chi connectivity index (χ0) is 28.4. The molecule has 4 rings (SSSR count). The van der Waals surface area contributed by atoms with Gasteiger partial charge in [-0.3, -0.25) is 0 Å². The monoisotopic (exact) mass is 592 g/mol. The van der Waals surface area contributed by atoms with Gasteiger partial charge in [-0.05, 0) is 67.9 Å². The Balaban J connectivity index is 0.00000441. The molecule has 1 aliphatic rings. The third kappa shape index (κ3) is 7.52. The van der Waals surface area contributed by atoms with Crippen LogP contribution in [-0.2, 0) is 22.4 Å². The summed E-state index contributed by atoms with van der Waals surface area (Å²) in [7, 11) is -4.60. The van der Waals surface area contributed by atoms with Crippen molar-refractivity contribution in [1.82, 2.24) is 14.7 Å². The molecule has 0 atom stereocenters. The van der Waals surface area contributed by atoms with E-state index in [-0.39, 0.29) is 44.0 Å². The van der Waals surface area contributed by atoms with E-state index in [0.29, 0.717) is 36.7 Å². The van der Waals surface area contributed by atoms with Gasteiger partial charge in [0.1, 0.15) is 0 Å². The number of hydrogen-bond acceptors (Lipinski definition) is 7. The van der Waals surface area contributed by atoms with Crippen LogP contribution in [0.3, 0.4) is 0 Å². The first-order valence-electron chi connectivity index (χ1n) is 12.0. The Morgan fingerprint density at radius 3 is 1.95 bits per heavy atom. The number of sulfonamides is 1. The summed E-state index contributed by atoms with van der Waals surface area (Å²) in [5, 5.41) is 3.97. The van der Waals surface area contributed by atoms with Crippen LogP contribution in [0.1, 0.15) is 44.2 Å². The first kappa shape index (κ1) is 31.4. The Bertz CT molecular complexity index is 1390. The third-order valence-corrected chi connectivity index (χ3v) is 8.09. The van der Waals surface area contributed by atoms with E-state index in [1.165, 1.54) is 0 Å². The van der Waals surface area contributed by atoms with Gasteiger partial charge in [-0.2, -0.15) is 31.3 Å². The smallest absolute Gasteiger partial charge is 0.354 e. The lowest BCUT2D eigenvalue weighted by Gasteiger charge is -2.28. The summed E-state index contributed by atoms with van der Waals surface area (Å²) in [5.41, 5.74) is -0.105. The van der Waals surface area contributed by atoms with Gasteiger partial charge >= 0.3 is 12.4 Å². The van der Waals surface area contributed by atoms with Crippen LogP contribution in [0.15, 0.2) is 47.4 Å². The van der Waals surface area contributed by atoms with Gasteiger partial charge in [0.05, 0.1) is 21.5 Å². The predicted molar refractivity (Wildman–Crippen MR) is 140 cm³/mol. The lowest BCUT2D eigenvalue weighted by molar-refractivity contribution is -0.143. The molecule has 220 valence electrons. The summed E-state index contributed by atoms with van der Waals surface area (Å²) in [4.78, 5) is 7.77. The number of nitrogens with one attached hydrogen (secondary N) is 3. The van der Waals surface area contributed by atoms with Gasteiger partial charge < -0.3 is 10.7 Å². The summed E-state index contributed by atoms with van der Waals surface area (Å²) < 4.78 is 106. The van der Waals surface area contributed by atoms with Gasteiger partial charge in [0.25, 0.3) is 0 Å². The average Bonchev–Trinajstić information content (AvgIpc) is 2.89. The second-order valence-electron chi connectivity index (χ2n) is 9.42. The largest absolute Gasteiger partial charge is 0.416 e. The van der Waals surface area contributed by atoms with Crippen LogP contribution in [0.5, 0.6) is 0 Å². The van der Waals surface area contributed by atoms with Crippen LogP contribution in [0.25, 0.3) is 10.9 Å². The third-order valence-electron chi connectivity index (χ3n) is 6.69. The van der Waals surface area contributed by atoms with Gasteiger partial charge in [-0.25, -0.2) is 24.0 Å². The van der Waals surface area contributed by atoms with E-state index >= 15 is 0 Å². The van der Waals surface area contributed by atoms with Crippen LogP contribution >= 0.6 is 0 Å². The second-order valence-corrected chi connectivity index (χ2v) is 11.2. The minimum absolute atomic E-state index is 0. The van der Waals surface area contributed by atoms with Crippen molar-refractivity contribution in [3.05, 3.63) is 53.6 Å². The molecule has 0 spiro atoms. The van der Waals surface area contributed by atoms with Crippen molar-refractivity contribution < 1.29 is 34.8 Å². The van der Waals surface area contributed by atoms with Gasteiger partial charge in [0, 0.05) is 18.5 Å². The first-order valence-corrected chi connectivity index (χ1v) is 13.5. The number of nitrogen functional groups attached to an aromatic ring is 1. The van der Waals surface area contributed by atoms with E-state index in [0.717, 1.165) is 18.2 Å². The summed E-state index contributed by atoms with van der Waals surface area (Å²) >= 11 is 0. The minimum atomic E-state index is -5.14. The number of hydrogen-bond donors (Lipinski definition) is 4. The SMILES string of the molecule is C.NNc1nc(NCC2CCC(CNS(=O)(=O)c3cc(C(F)(F)F)cc(C(F)(F)F)c3)CC2)nc2ccccc12. The molecule has 0 radical (unpaired) electrons. The van der Waals surface area contributed by atoms with E-state index in [9.17, 15) is 34.8 Å². The van der Waals surface area contributed by atoms with Crippen molar-refractivity contribution in [3.63, 3.8) is 0 Å². The Morgan fingerprint density at radius 1 is 0.850 bits per heavy atom. The Labute approximate surface area is 227 Å². The van der Waals surface area contributed by atoms with E-state index in [1.807, 2.05) is 24.3 Å². The van der Waals surface area contributed by atoms with Gasteiger partial charge in [-0.15, -0.1) is 0 Å². The van der Waals surface area contributed by atoms with Crippen LogP contribution in [0, 0.1) is 11.8 Å². The predicted octanol–water partition coefficient (Wildman–Crippen LogP) is 5.79. The number of aromatic nitrogens is 2. The minimum Gasteiger partial charge on any atom is -0.354 e. The first-order chi connectivity index (χ1) is 18.3. The molecule has 0 unspecified atom stereocenters. The van der Waals surface area contributed by atoms with Crippen molar-refractivity contribution in [2.45, 2.75) is 50.4 Å². The molecule has 5 N–H and O–H groups in total. The summed E-state index contributed by atoms with van der Waals surface area (Å²) in [6.07, 6.45) is -7.57. The number of nitrogens with two attached hydrogens (primary N) is 1. The number of benzene rings is 2. The second kappa shape index (κ2) is 12.1. The molecule has 0 saturated heterocycles. The standard InChI is InChI=1S/C24H26F6N6O2S.CH4/c25-23(26,27)16-9-17(24(28,29)30)11-18(10-16)39(37,38)33-13-15-7-5-14(6-8-15)12-32-22-34-20-4-2-1-3-19(20)21(35-22)36-31;/h1-4,9-11,14-15,33H,5-8,12-13,31H2,(H2,32,34,35,36);1H4. The number of anilines is 2. The number of halogens is 6. The number of rotatable bonds is 8. The molecule has 3 aromatic rings. The molecule has 1 heterocycles. The molecular formula is C25H30F6N6O2S. The molecule has 2 aromatic carbocycles. The van der Waals surface area contributed by atoms with Crippen LogP contribution in [0.4, 0.5) is 38.1 Å². The molecule has 0 aliphatic heterocycles. The molecule has 8 nitrogen and oxygen atoms in total. The van der Waals surface area contributed by atoms with Crippen molar-refractivity contribution in [2.24, 2.45) is 17.7 Å². The summed E-state index contributed by atoms with van der Waals surface area (Å²) in [6, 6.07) is 7.67. The Kier molecular flexibility index (Phi) is 9.52. The maximum absolute atomic E-state index is 13.1. The Morgan fingerprint density at radius 2 is 1.40 bits per heavy atom. The van der Waals surface area contributed by atoms with E-state index in [4.69, 9.17) is 5.84 Å². The summed E-state index contributed by atoms with van der Waals surface area (Å²) in [6.45, 7) is 0.463. The Hall–Kier alpha value is -3.17. The molecule has 15 heteroatoms. The zero-order valence-corrected chi connectivity index (χ0v) is 21.2. The van der Waals surface area contributed by atoms with E-state index in [2.05, 4.69) is 25.4 Å². The fraction of sp³-hybridized carbons (Fsp3) is 0.440. The van der Waals surface area contributed by atoms with Crippen LogP contribution in [0.2, 0.25) is 0 Å². The van der Waals surface area contributed by atoms with Crippen LogP contribution < -0.4 is 21.3 Å². The van der Waals surface area contributed by atoms with Gasteiger partial charge in [0.15, 0.2) is 5.82 Å². The topological polar surface area (TPSA) is 122 Å². The van der Waals surface area contributed by atoms with Crippen molar-refractivity contribution in [2.75, 3.05) is 23.8 Å². The zero-order valence-electron chi connectivity index (χ0n) is 20.4. The molecule has 1 fully saturated rings. The highest BCUT2D eigenvalue weighted by molar-refractivity contribution is 7.89. The maximum Gasteiger partial charge on any atom is 0.416 e. The van der Waals surface area contributed by atoms with E-state index in [1.54, 1.807) is 0 Å². The molecular weight excluding hydrogens is 562 g/mol. The van der Waals surface area contributed by atoms with Gasteiger partial charge in [0.2, 0.25) is 16.0 Å². The fourth-order valence-corrected chi connectivity index (χ4v) is 5.72. The van der Waals surface area contributed by atoms with Gasteiger partial charge in [-0.1, -0.05) is 19.6 Å². The highest BCUT2D eigenvalue weighted by atomic mass is 32.2. The average molecular weight is 593 g/mol. The maximum atomic E-state index is 13.1. The number of nitrogens with zero attached hydrogens (tertiary/aromatic N) is 2. The number of alkyl halides is 6. The fourth-order valence-electron chi connectivity index (χ4n) is 4.53. The van der Waals surface area contributed by atoms with Crippen molar-refractivity contribution in [1.29, 1.82) is 0 Å². The normalized spacial score (nSPS) is 18.3. The summed E-state index contributed by atoms with van der Waals surface area (Å²) in [5.74, 6) is 6.56. The highest BCUT2D eigenvalue weighted by Gasteiger charge is 2.38. The molecule has 40 heavy (non-hydrogen) atoms. The molecule has 0 bridgehead atoms. The van der Waals surface area contributed by atoms with Crippen molar-refractivity contribution in [3.8, 4) is 0 Å². The quantitative estimate of drug-likeness (QED) is 0.149. The molecule has 0 amide bonds. The highest BCUT2D eigenvalue weighted by Crippen LogP contribution is 2.37.